The van der Waals surface area contributed by atoms with Crippen molar-refractivity contribution in [2.24, 2.45) is 0 Å². The molecule has 1 saturated heterocycles. The normalized spacial score (nSPS) is 29.9. The molecule has 2 aliphatic heterocycles. The van der Waals surface area contributed by atoms with E-state index in [0.29, 0.717) is 0 Å². The summed E-state index contributed by atoms with van der Waals surface area (Å²) in [6.07, 6.45) is -8.12. The maximum atomic E-state index is 13.2. The van der Waals surface area contributed by atoms with Crippen LogP contribution < -0.4 is 4.74 Å². The fourth-order valence-corrected chi connectivity index (χ4v) is 4.10. The van der Waals surface area contributed by atoms with Crippen molar-refractivity contribution in [1.82, 2.24) is 0 Å². The Morgan fingerprint density at radius 3 is 2.31 bits per heavy atom. The molecule has 0 saturated carbocycles. The standard InChI is InChI=1S/C21H22O11/c22-5-13-17(27)19(29)20(30)21(32-13)14-11(25)4-12-15(18(14)28)16(26)9(6-31-12)8-2-1-7(23)3-10(8)24/h1-4,9,13,17,19-25,27-30H,5-6H2/t9?,13?,17-,19+,20?,21+/m1/s1. The Morgan fingerprint density at radius 2 is 1.66 bits per heavy atom. The number of ketones is 1. The number of carbonyl (C=O) groups excluding carboxylic acids is 1. The highest BCUT2D eigenvalue weighted by molar-refractivity contribution is 6.07. The van der Waals surface area contributed by atoms with Gasteiger partial charge in [-0.15, -0.1) is 0 Å². The fourth-order valence-electron chi connectivity index (χ4n) is 4.10. The van der Waals surface area contributed by atoms with Gasteiger partial charge in [-0.1, -0.05) is 6.07 Å². The Labute approximate surface area is 181 Å². The highest BCUT2D eigenvalue weighted by Crippen LogP contribution is 2.49. The van der Waals surface area contributed by atoms with Crippen LogP contribution in [0.1, 0.15) is 33.5 Å². The number of fused-ring (bicyclic) bond motifs is 1. The first-order chi connectivity index (χ1) is 15.1. The molecule has 172 valence electrons. The van der Waals surface area contributed by atoms with Crippen LogP contribution in [-0.4, -0.2) is 84.3 Å². The molecule has 2 aromatic rings. The van der Waals surface area contributed by atoms with Gasteiger partial charge >= 0.3 is 0 Å². The topological polar surface area (TPSA) is 197 Å². The maximum absolute atomic E-state index is 13.2. The molecule has 11 heteroatoms. The summed E-state index contributed by atoms with van der Waals surface area (Å²) in [6, 6.07) is 4.69. The molecule has 8 N–H and O–H groups in total. The molecule has 0 aromatic heterocycles. The van der Waals surface area contributed by atoms with Crippen molar-refractivity contribution in [1.29, 1.82) is 0 Å². The van der Waals surface area contributed by atoms with Gasteiger partial charge in [0.25, 0.3) is 0 Å². The van der Waals surface area contributed by atoms with Crippen LogP contribution in [0.3, 0.4) is 0 Å². The quantitative estimate of drug-likeness (QED) is 0.297. The lowest BCUT2D eigenvalue weighted by atomic mass is 9.84. The van der Waals surface area contributed by atoms with Crippen LogP contribution >= 0.6 is 0 Å². The third kappa shape index (κ3) is 3.40. The first-order valence-corrected chi connectivity index (χ1v) is 9.73. The van der Waals surface area contributed by atoms with Gasteiger partial charge in [0.15, 0.2) is 5.78 Å². The predicted molar refractivity (Wildman–Crippen MR) is 105 cm³/mol. The van der Waals surface area contributed by atoms with E-state index in [1.165, 1.54) is 12.1 Å². The minimum Gasteiger partial charge on any atom is -0.508 e. The second kappa shape index (κ2) is 8.11. The smallest absolute Gasteiger partial charge is 0.181 e. The fraction of sp³-hybridized carbons (Fsp3) is 0.381. The van der Waals surface area contributed by atoms with Gasteiger partial charge in [0, 0.05) is 17.7 Å². The lowest BCUT2D eigenvalue weighted by Crippen LogP contribution is -2.55. The second-order valence-electron chi connectivity index (χ2n) is 7.75. The Morgan fingerprint density at radius 1 is 0.938 bits per heavy atom. The monoisotopic (exact) mass is 450 g/mol. The molecule has 32 heavy (non-hydrogen) atoms. The molecule has 6 atom stereocenters. The third-order valence-corrected chi connectivity index (χ3v) is 5.82. The molecule has 0 amide bonds. The van der Waals surface area contributed by atoms with Crippen LogP contribution in [0.25, 0.3) is 0 Å². The van der Waals surface area contributed by atoms with E-state index in [9.17, 15) is 45.6 Å². The largest absolute Gasteiger partial charge is 0.508 e. The molecule has 2 aromatic carbocycles. The third-order valence-electron chi connectivity index (χ3n) is 5.82. The number of phenols is 4. The molecule has 1 fully saturated rings. The van der Waals surface area contributed by atoms with E-state index in [1.54, 1.807) is 0 Å². The summed E-state index contributed by atoms with van der Waals surface area (Å²) in [6.45, 7) is -0.944. The van der Waals surface area contributed by atoms with Crippen molar-refractivity contribution in [3.05, 3.63) is 41.0 Å². The Hall–Kier alpha value is -3.09. The summed E-state index contributed by atoms with van der Waals surface area (Å²) in [5.41, 5.74) is -0.646. The molecule has 2 aliphatic rings. The van der Waals surface area contributed by atoms with Gasteiger partial charge in [-0.3, -0.25) is 4.79 Å². The van der Waals surface area contributed by atoms with Crippen LogP contribution in [0, 0.1) is 0 Å². The highest BCUT2D eigenvalue weighted by Gasteiger charge is 2.47. The van der Waals surface area contributed by atoms with Crippen LogP contribution in [0.15, 0.2) is 24.3 Å². The lowest BCUT2D eigenvalue weighted by molar-refractivity contribution is -0.232. The Balaban J connectivity index is 1.78. The van der Waals surface area contributed by atoms with Crippen molar-refractivity contribution in [2.45, 2.75) is 36.4 Å². The number of phenolic OH excluding ortho intramolecular Hbond substituents is 4. The van der Waals surface area contributed by atoms with Gasteiger partial charge < -0.3 is 50.3 Å². The summed E-state index contributed by atoms with van der Waals surface area (Å²) in [4.78, 5) is 13.2. The summed E-state index contributed by atoms with van der Waals surface area (Å²) in [5, 5.41) is 80.7. The average Bonchev–Trinajstić information content (AvgIpc) is 2.74. The van der Waals surface area contributed by atoms with Gasteiger partial charge in [0.1, 0.15) is 71.4 Å². The summed E-state index contributed by atoms with van der Waals surface area (Å²) in [5.74, 6) is -3.83. The molecule has 2 heterocycles. The molecule has 0 radical (unpaired) electrons. The number of hydrogen-bond acceptors (Lipinski definition) is 11. The van der Waals surface area contributed by atoms with E-state index in [-0.39, 0.29) is 35.0 Å². The van der Waals surface area contributed by atoms with Crippen LogP contribution in [0.4, 0.5) is 0 Å². The molecular formula is C21H22O11. The minimum atomic E-state index is -1.81. The molecule has 0 spiro atoms. The number of aliphatic hydroxyl groups is 4. The SMILES string of the molecule is O=C1c2c(cc(O)c([C@@H]3OC(CO)[C@@H](O)[C@H](O)C3O)c2O)OCC1c1ccc(O)cc1O. The number of benzene rings is 2. The first-order valence-electron chi connectivity index (χ1n) is 9.73. The number of Topliss-reactive ketones (excluding diaryl/α,β-unsaturated/α-hetero) is 1. The van der Waals surface area contributed by atoms with Crippen molar-refractivity contribution < 1.29 is 55.1 Å². The van der Waals surface area contributed by atoms with E-state index in [1.807, 2.05) is 0 Å². The van der Waals surface area contributed by atoms with E-state index in [2.05, 4.69) is 0 Å². The average molecular weight is 450 g/mol. The number of aliphatic hydroxyl groups excluding tert-OH is 4. The Bertz CT molecular complexity index is 1050. The van der Waals surface area contributed by atoms with Gasteiger partial charge in [-0.2, -0.15) is 0 Å². The number of rotatable bonds is 3. The molecule has 4 rings (SSSR count). The molecule has 0 aliphatic carbocycles. The second-order valence-corrected chi connectivity index (χ2v) is 7.75. The first kappa shape index (κ1) is 22.1. The van der Waals surface area contributed by atoms with E-state index in [4.69, 9.17) is 9.47 Å². The number of hydrogen-bond donors (Lipinski definition) is 8. The van der Waals surface area contributed by atoms with Crippen molar-refractivity contribution in [3.8, 4) is 28.7 Å². The van der Waals surface area contributed by atoms with Crippen molar-refractivity contribution in [2.75, 3.05) is 13.2 Å². The Kier molecular flexibility index (Phi) is 5.61. The molecule has 11 nitrogen and oxygen atoms in total. The summed E-state index contributed by atoms with van der Waals surface area (Å²) >= 11 is 0. The number of ether oxygens (including phenoxy) is 2. The molecule has 0 bridgehead atoms. The zero-order valence-corrected chi connectivity index (χ0v) is 16.5. The zero-order valence-electron chi connectivity index (χ0n) is 16.5. The molecule has 3 unspecified atom stereocenters. The summed E-state index contributed by atoms with van der Waals surface area (Å²) in [7, 11) is 0. The lowest BCUT2D eigenvalue weighted by Gasteiger charge is -2.40. The number of aromatic hydroxyl groups is 4. The van der Waals surface area contributed by atoms with E-state index < -0.39 is 65.9 Å². The molecular weight excluding hydrogens is 428 g/mol. The van der Waals surface area contributed by atoms with E-state index >= 15 is 0 Å². The maximum Gasteiger partial charge on any atom is 0.181 e. The van der Waals surface area contributed by atoms with Gasteiger partial charge in [-0.25, -0.2) is 0 Å². The van der Waals surface area contributed by atoms with Gasteiger partial charge in [0.2, 0.25) is 0 Å². The van der Waals surface area contributed by atoms with Crippen LogP contribution in [0.2, 0.25) is 0 Å². The van der Waals surface area contributed by atoms with Crippen LogP contribution in [-0.2, 0) is 4.74 Å². The summed E-state index contributed by atoms with van der Waals surface area (Å²) < 4.78 is 10.9. The number of carbonyl (C=O) groups is 1. The van der Waals surface area contributed by atoms with Crippen LogP contribution in [0.5, 0.6) is 28.7 Å². The van der Waals surface area contributed by atoms with Crippen molar-refractivity contribution >= 4 is 5.78 Å². The predicted octanol–water partition coefficient (Wildman–Crippen LogP) is -0.617. The van der Waals surface area contributed by atoms with E-state index in [0.717, 1.165) is 12.1 Å². The van der Waals surface area contributed by atoms with Gasteiger partial charge in [0.05, 0.1) is 18.1 Å². The highest BCUT2D eigenvalue weighted by atomic mass is 16.5. The van der Waals surface area contributed by atoms with Gasteiger partial charge in [-0.05, 0) is 6.07 Å². The zero-order chi connectivity index (χ0) is 23.3. The minimum absolute atomic E-state index is 0.139. The van der Waals surface area contributed by atoms with Crippen molar-refractivity contribution in [3.63, 3.8) is 0 Å².